The predicted molar refractivity (Wildman–Crippen MR) is 523 cm³/mol. The number of hydrogen-bond donors (Lipinski definition) is 12. The van der Waals surface area contributed by atoms with E-state index < -0.39 is 23.6 Å². The minimum atomic E-state index is -0.485. The van der Waals surface area contributed by atoms with E-state index in [1.54, 1.807) is 80.6 Å². The standard InChI is InChI=1S/2C16H21N3O4.2C14H18N2O3.2C12H15NO2.2C10H12O/c1-3-12-4-6-13(7-5-12)16(23)19-10-15(22)18-9-14(21)17-8-11(2)20;1-3-12-6-4-5-7-13(12)16(23)19-10-15(22)18-9-14(21)17-8-11(2)20;1-3-11-4-6-12(7-5-11)14(19)16-9-13(18)15-8-10(2)17;1-3-11-6-4-5-7-12(11)14(19)16-9-13(18)15-8-10(2)17;1-3-10-4-6-11(7-5-10)12(15)13-8-9(2)14;1-3-10-6-4-5-7-11(10)12(15)13-8-9(2)14;1-3-9-4-6-10(7-5-9)8(2)11;1-3-9-6-4-5-7-10(9)8(2)11/h2*4-7H,3,8-10H2,1-2H3,(H,17,21)(H,18,22)(H,19,23);2*4-7H,3,8-9H2,1-2H3,(H,15,18)(H,16,19);2*4-7H,3,8H2,1-2H3,(H,13,15);2*4-7H,3H2,1-2H3. The second-order valence-corrected chi connectivity index (χ2v) is 30.3. The lowest BCUT2D eigenvalue weighted by Crippen LogP contribution is -2.42. The zero-order chi connectivity index (χ0) is 102. The number of carbonyl (C=O) groups is 20. The van der Waals surface area contributed by atoms with Crippen LogP contribution in [0.5, 0.6) is 0 Å². The zero-order valence-corrected chi connectivity index (χ0v) is 80.8. The molecular formula is C104H132N12O20. The Balaban J connectivity index is 0.000000786. The highest BCUT2D eigenvalue weighted by molar-refractivity contribution is 6.02. The van der Waals surface area contributed by atoms with Crippen molar-refractivity contribution in [1.29, 1.82) is 0 Å². The molecule has 0 saturated heterocycles. The summed E-state index contributed by atoms with van der Waals surface area (Å²) in [5.74, 6) is -4.72. The van der Waals surface area contributed by atoms with Crippen molar-refractivity contribution < 1.29 is 95.9 Å². The van der Waals surface area contributed by atoms with Crippen molar-refractivity contribution in [2.45, 2.75) is 162 Å². The maximum Gasteiger partial charge on any atom is 0.251 e. The van der Waals surface area contributed by atoms with Crippen molar-refractivity contribution in [2.75, 3.05) is 78.5 Å². The van der Waals surface area contributed by atoms with Crippen LogP contribution in [0, 0.1) is 0 Å². The first-order valence-corrected chi connectivity index (χ1v) is 44.6. The van der Waals surface area contributed by atoms with Crippen LogP contribution in [0.4, 0.5) is 0 Å². The van der Waals surface area contributed by atoms with Gasteiger partial charge in [0.1, 0.15) is 34.7 Å². The van der Waals surface area contributed by atoms with Crippen molar-refractivity contribution in [1.82, 2.24) is 63.8 Å². The Morgan fingerprint density at radius 1 is 0.169 bits per heavy atom. The van der Waals surface area contributed by atoms with Crippen molar-refractivity contribution in [3.05, 3.63) is 283 Å². The zero-order valence-electron chi connectivity index (χ0n) is 80.8. The molecule has 32 heteroatoms. The van der Waals surface area contributed by atoms with E-state index in [-0.39, 0.29) is 172 Å². The van der Waals surface area contributed by atoms with Crippen molar-refractivity contribution in [2.24, 2.45) is 0 Å². The molecule has 136 heavy (non-hydrogen) atoms. The molecule has 0 aliphatic heterocycles. The largest absolute Gasteiger partial charge is 0.348 e. The van der Waals surface area contributed by atoms with Crippen LogP contribution in [-0.4, -0.2) is 196 Å². The molecule has 8 rings (SSSR count). The first-order chi connectivity index (χ1) is 64.7. The Kier molecular flexibility index (Phi) is 60.0. The van der Waals surface area contributed by atoms with E-state index in [0.717, 1.165) is 89.5 Å². The fourth-order valence-electron chi connectivity index (χ4n) is 11.2. The van der Waals surface area contributed by atoms with Crippen LogP contribution in [0.3, 0.4) is 0 Å². The van der Waals surface area contributed by atoms with Gasteiger partial charge in [-0.05, 0) is 206 Å². The molecule has 32 nitrogen and oxygen atoms in total. The SMILES string of the molecule is CCc1ccc(C(=O)NCC(=O)NCC(=O)NCC(C)=O)cc1.CCc1ccc(C(=O)NCC(=O)NCC(C)=O)cc1.CCc1ccc(C(=O)NCC(C)=O)cc1.CCc1ccc(C(C)=O)cc1.CCc1ccccc1C(=O)NCC(=O)NCC(=O)NCC(C)=O.CCc1ccccc1C(=O)NCC(=O)NCC(C)=O.CCc1ccccc1C(=O)NCC(C)=O.CCc1ccccc1C(C)=O. The fraction of sp³-hybridized carbons (Fsp3) is 0.346. The summed E-state index contributed by atoms with van der Waals surface area (Å²) in [5, 5.41) is 29.4. The van der Waals surface area contributed by atoms with Crippen LogP contribution in [0.1, 0.15) is 238 Å². The van der Waals surface area contributed by atoms with Gasteiger partial charge in [-0.25, -0.2) is 0 Å². The fourth-order valence-corrected chi connectivity index (χ4v) is 11.2. The first kappa shape index (κ1) is 119. The molecule has 0 radical (unpaired) electrons. The molecule has 12 N–H and O–H groups in total. The number of hydrogen-bond acceptors (Lipinski definition) is 20. The Morgan fingerprint density at radius 2 is 0.338 bits per heavy atom. The number of ketones is 8. The van der Waals surface area contributed by atoms with E-state index in [4.69, 9.17) is 0 Å². The second-order valence-electron chi connectivity index (χ2n) is 30.3. The Morgan fingerprint density at radius 3 is 0.537 bits per heavy atom. The highest BCUT2D eigenvalue weighted by atomic mass is 16.2. The molecule has 0 atom stereocenters. The number of nitrogens with one attached hydrogen (secondary N) is 12. The lowest BCUT2D eigenvalue weighted by Gasteiger charge is -2.09. The van der Waals surface area contributed by atoms with Gasteiger partial charge in [-0.1, -0.05) is 195 Å². The summed E-state index contributed by atoms with van der Waals surface area (Å²) in [7, 11) is 0. The van der Waals surface area contributed by atoms with Gasteiger partial charge in [0.25, 0.3) is 35.4 Å². The highest BCUT2D eigenvalue weighted by Crippen LogP contribution is 2.15. The third kappa shape index (κ3) is 52.7. The number of amides is 12. The van der Waals surface area contributed by atoms with Gasteiger partial charge in [-0.15, -0.1) is 0 Å². The highest BCUT2D eigenvalue weighted by Gasteiger charge is 2.18. The van der Waals surface area contributed by atoms with Gasteiger partial charge in [0.15, 0.2) is 11.6 Å². The Labute approximate surface area is 796 Å². The van der Waals surface area contributed by atoms with Crippen LogP contribution >= 0.6 is 0 Å². The van der Waals surface area contributed by atoms with Crippen molar-refractivity contribution in [3.8, 4) is 0 Å². The topological polar surface area (TPSA) is 486 Å². The summed E-state index contributed by atoms with van der Waals surface area (Å²) >= 11 is 0. The smallest absolute Gasteiger partial charge is 0.251 e. The van der Waals surface area contributed by atoms with Gasteiger partial charge in [0.05, 0.1) is 78.5 Å². The molecule has 12 amide bonds. The van der Waals surface area contributed by atoms with Gasteiger partial charge in [-0.2, -0.15) is 0 Å². The quantitative estimate of drug-likeness (QED) is 0.0159. The van der Waals surface area contributed by atoms with E-state index in [9.17, 15) is 95.9 Å². The minimum Gasteiger partial charge on any atom is -0.348 e. The van der Waals surface area contributed by atoms with Gasteiger partial charge in [0.2, 0.25) is 35.4 Å². The Bertz CT molecular complexity index is 5300. The summed E-state index contributed by atoms with van der Waals surface area (Å²) in [6.45, 7) is 26.5. The average molecular weight is 1870 g/mol. The maximum absolute atomic E-state index is 12.0. The number of rotatable bonds is 40. The van der Waals surface area contributed by atoms with E-state index in [1.807, 2.05) is 162 Å². The minimum absolute atomic E-state index is 0.0136. The van der Waals surface area contributed by atoms with E-state index in [1.165, 1.54) is 52.7 Å². The monoisotopic (exact) mass is 1870 g/mol. The van der Waals surface area contributed by atoms with Crippen LogP contribution in [0.2, 0.25) is 0 Å². The maximum atomic E-state index is 12.0. The normalized spacial score (nSPS) is 9.76. The lowest BCUT2D eigenvalue weighted by molar-refractivity contribution is -0.126. The molecule has 0 bridgehead atoms. The number of benzene rings is 8. The molecule has 0 aromatic heterocycles. The third-order valence-corrected chi connectivity index (χ3v) is 19.0. The molecular weight excluding hydrogens is 1740 g/mol. The summed E-state index contributed by atoms with van der Waals surface area (Å²) < 4.78 is 0. The summed E-state index contributed by atoms with van der Waals surface area (Å²) in [4.78, 5) is 225. The van der Waals surface area contributed by atoms with Crippen LogP contribution < -0.4 is 63.8 Å². The van der Waals surface area contributed by atoms with Crippen LogP contribution in [0.15, 0.2) is 194 Å². The van der Waals surface area contributed by atoms with Crippen LogP contribution in [0.25, 0.3) is 0 Å². The van der Waals surface area contributed by atoms with Crippen molar-refractivity contribution in [3.63, 3.8) is 0 Å². The first-order valence-electron chi connectivity index (χ1n) is 44.6. The molecule has 8 aromatic carbocycles. The van der Waals surface area contributed by atoms with Gasteiger partial charge in [0, 0.05) is 44.5 Å². The van der Waals surface area contributed by atoms with Gasteiger partial charge in [-0.3, -0.25) is 95.9 Å². The molecule has 0 aliphatic rings. The van der Waals surface area contributed by atoms with E-state index in [0.29, 0.717) is 39.8 Å². The van der Waals surface area contributed by atoms with Gasteiger partial charge < -0.3 is 63.8 Å². The number of aryl methyl sites for hydroxylation is 8. The number of carbonyl (C=O) groups excluding carboxylic acids is 20. The van der Waals surface area contributed by atoms with Gasteiger partial charge >= 0.3 is 0 Å². The average Bonchev–Trinajstić information content (AvgIpc) is 0.873. The summed E-state index contributed by atoms with van der Waals surface area (Å²) in [5.41, 5.74) is 13.7. The Hall–Kier alpha value is -15.2. The third-order valence-electron chi connectivity index (χ3n) is 19.0. The molecule has 0 fully saturated rings. The molecule has 0 aliphatic carbocycles. The van der Waals surface area contributed by atoms with Crippen LogP contribution in [-0.2, 0) is 109 Å². The summed E-state index contributed by atoms with van der Waals surface area (Å²) in [6, 6.07) is 59.0. The molecule has 0 spiro atoms. The second kappa shape index (κ2) is 68.7. The van der Waals surface area contributed by atoms with E-state index >= 15 is 0 Å². The molecule has 8 aromatic rings. The summed E-state index contributed by atoms with van der Waals surface area (Å²) in [6.07, 6.45) is 6.98. The molecule has 0 unspecified atom stereocenters. The molecule has 0 saturated carbocycles. The predicted octanol–water partition coefficient (Wildman–Crippen LogP) is 9.01. The molecule has 0 heterocycles. The number of Topliss-reactive ketones (excluding diaryl/α,β-unsaturated/α-hetero) is 8. The molecule has 728 valence electrons. The van der Waals surface area contributed by atoms with E-state index in [2.05, 4.69) is 84.6 Å². The lowest BCUT2D eigenvalue weighted by atomic mass is 10.0. The van der Waals surface area contributed by atoms with Crippen molar-refractivity contribution >= 4 is 117 Å².